The van der Waals surface area contributed by atoms with Gasteiger partial charge in [-0.05, 0) is 0 Å². The van der Waals surface area contributed by atoms with Gasteiger partial charge in [-0.25, -0.2) is 0 Å². The van der Waals surface area contributed by atoms with Crippen LogP contribution in [0, 0.1) is 0 Å². The zero-order valence-electron chi connectivity index (χ0n) is 10.4. The van der Waals surface area contributed by atoms with E-state index in [-0.39, 0.29) is 0 Å². The summed E-state index contributed by atoms with van der Waals surface area (Å²) >= 11 is 1.25. The number of benzene rings is 1. The van der Waals surface area contributed by atoms with Crippen molar-refractivity contribution in [3.8, 4) is 0 Å². The van der Waals surface area contributed by atoms with Crippen molar-refractivity contribution in [3.05, 3.63) is 42.0 Å². The quantitative estimate of drug-likeness (QED) is 0.344. The van der Waals surface area contributed by atoms with Crippen LogP contribution in [0.4, 0.5) is 0 Å². The van der Waals surface area contributed by atoms with E-state index in [0.29, 0.717) is 0 Å². The minimum absolute atomic E-state index is 0.947. The Morgan fingerprint density at radius 2 is 1.82 bits per heavy atom. The summed E-state index contributed by atoms with van der Waals surface area (Å²) in [6.45, 7) is 5.96. The molecule has 0 saturated carbocycles. The van der Waals surface area contributed by atoms with Crippen LogP contribution in [0.2, 0.25) is 0 Å². The van der Waals surface area contributed by atoms with Gasteiger partial charge in [-0.15, -0.1) is 0 Å². The van der Waals surface area contributed by atoms with E-state index in [2.05, 4.69) is 13.5 Å². The molecule has 0 atom stereocenters. The first-order chi connectivity index (χ1) is 8.13. The molecule has 2 N–H and O–H groups in total. The molecule has 0 aromatic heterocycles. The van der Waals surface area contributed by atoms with Gasteiger partial charge in [-0.1, -0.05) is 0 Å². The summed E-state index contributed by atoms with van der Waals surface area (Å²) in [5.41, 5.74) is 3.31. The number of nitrogens with two attached hydrogens (primary N) is 1. The molecule has 89 valence electrons. The average Bonchev–Trinajstić information content (AvgIpc) is 2.34. The van der Waals surface area contributed by atoms with Gasteiger partial charge in [-0.2, -0.15) is 0 Å². The first-order valence-corrected chi connectivity index (χ1v) is 6.74. The van der Waals surface area contributed by atoms with Gasteiger partial charge in [0.25, 0.3) is 0 Å². The molecule has 0 amide bonds. The second kappa shape index (κ2) is 7.52. The Balaban J connectivity index is 2.38. The van der Waals surface area contributed by atoms with E-state index in [4.69, 9.17) is 12.6 Å². The third kappa shape index (κ3) is 5.38. The summed E-state index contributed by atoms with van der Waals surface area (Å²) in [5, 5.41) is 5.47. The second-order valence-corrected chi connectivity index (χ2v) is 5.04. The summed E-state index contributed by atoms with van der Waals surface area (Å²) < 4.78 is 0. The van der Waals surface area contributed by atoms with E-state index < -0.39 is 0 Å². The molecule has 0 aliphatic carbocycles. The Kier molecular flexibility index (Phi) is 6.31. The Morgan fingerprint density at radius 3 is 2.35 bits per heavy atom. The molecule has 1 radical (unpaired) electrons. The van der Waals surface area contributed by atoms with Crippen LogP contribution in [-0.4, -0.2) is 13.0 Å². The third-order valence-corrected chi connectivity index (χ3v) is 3.21. The number of unbranched alkanes of at least 4 members (excludes halogenated alkanes) is 1. The van der Waals surface area contributed by atoms with Crippen LogP contribution in [0.3, 0.4) is 0 Å². The second-order valence-electron chi connectivity index (χ2n) is 4.33. The van der Waals surface area contributed by atoms with Crippen LogP contribution in [-0.2, 0) is 0 Å². The summed E-state index contributed by atoms with van der Waals surface area (Å²) in [6.07, 6.45) is 4.32. The van der Waals surface area contributed by atoms with Crippen LogP contribution in [0.15, 0.2) is 41.3 Å². The number of hydrogen-bond acceptors (Lipinski definition) is 2. The SMILES string of the molecule is [B]=C(CCCCC(=C)C)c1ccc(SN)cc1. The maximum atomic E-state index is 6.06. The van der Waals surface area contributed by atoms with E-state index in [1.54, 1.807) is 0 Å². The fourth-order valence-corrected chi connectivity index (χ4v) is 1.93. The predicted octanol–water partition coefficient (Wildman–Crippen LogP) is 3.48. The third-order valence-electron chi connectivity index (χ3n) is 2.66. The Morgan fingerprint density at radius 1 is 1.24 bits per heavy atom. The molecule has 0 spiro atoms. The zero-order chi connectivity index (χ0) is 12.7. The van der Waals surface area contributed by atoms with Crippen molar-refractivity contribution in [2.75, 3.05) is 0 Å². The molecule has 1 rings (SSSR count). The van der Waals surface area contributed by atoms with Crippen LogP contribution < -0.4 is 5.14 Å². The van der Waals surface area contributed by atoms with Crippen molar-refractivity contribution in [2.24, 2.45) is 5.14 Å². The average molecular weight is 244 g/mol. The van der Waals surface area contributed by atoms with Gasteiger partial charge in [0.15, 0.2) is 0 Å². The number of rotatable bonds is 7. The van der Waals surface area contributed by atoms with E-state index >= 15 is 0 Å². The normalized spacial score (nSPS) is 10.2. The fraction of sp³-hybridized carbons (Fsp3) is 0.357. The standard InChI is InChI=1S/C14H19BNS/c1-11(2)5-3-4-6-14(15)12-7-9-13(17-16)10-8-12/h7-10H,1,3-6,16H2,2H3. The first kappa shape index (κ1) is 14.3. The Labute approximate surface area is 110 Å². The van der Waals surface area contributed by atoms with E-state index in [1.165, 1.54) is 17.5 Å². The molecule has 0 fully saturated rings. The molecule has 0 saturated heterocycles. The first-order valence-electron chi connectivity index (χ1n) is 5.86. The van der Waals surface area contributed by atoms with Crippen molar-refractivity contribution in [2.45, 2.75) is 37.5 Å². The molecular formula is C14H19BNS. The van der Waals surface area contributed by atoms with Gasteiger partial charge >= 0.3 is 110 Å². The monoisotopic (exact) mass is 244 g/mol. The van der Waals surface area contributed by atoms with Gasteiger partial charge in [-0.3, -0.25) is 0 Å². The minimum atomic E-state index is 0.947. The van der Waals surface area contributed by atoms with Crippen LogP contribution in [0.1, 0.15) is 38.2 Å². The molecule has 0 aliphatic heterocycles. The van der Waals surface area contributed by atoms with E-state index in [1.807, 2.05) is 24.3 Å². The molecule has 0 heterocycles. The van der Waals surface area contributed by atoms with Gasteiger partial charge in [0.05, 0.1) is 0 Å². The molecule has 1 aromatic rings. The maximum absolute atomic E-state index is 6.06. The number of hydrogen-bond donors (Lipinski definition) is 1. The summed E-state index contributed by atoms with van der Waals surface area (Å²) in [7, 11) is 6.06. The molecule has 0 unspecified atom stereocenters. The Hall–Kier alpha value is -0.795. The van der Waals surface area contributed by atoms with Crippen LogP contribution >= 0.6 is 11.9 Å². The van der Waals surface area contributed by atoms with Crippen molar-refractivity contribution in [3.63, 3.8) is 0 Å². The van der Waals surface area contributed by atoms with E-state index in [9.17, 15) is 0 Å². The van der Waals surface area contributed by atoms with Gasteiger partial charge in [0.1, 0.15) is 0 Å². The topological polar surface area (TPSA) is 26.0 Å². The van der Waals surface area contributed by atoms with Crippen LogP contribution in [0.25, 0.3) is 0 Å². The molecule has 1 aromatic carbocycles. The molecule has 17 heavy (non-hydrogen) atoms. The van der Waals surface area contributed by atoms with Gasteiger partial charge in [0.2, 0.25) is 0 Å². The molecular weight excluding hydrogens is 225 g/mol. The predicted molar refractivity (Wildman–Crippen MR) is 79.6 cm³/mol. The van der Waals surface area contributed by atoms with Gasteiger partial charge < -0.3 is 0 Å². The van der Waals surface area contributed by atoms with Crippen molar-refractivity contribution in [1.29, 1.82) is 0 Å². The Bertz CT molecular complexity index is 384. The van der Waals surface area contributed by atoms with E-state index in [0.717, 1.165) is 41.6 Å². The van der Waals surface area contributed by atoms with Crippen molar-refractivity contribution < 1.29 is 0 Å². The molecule has 0 bridgehead atoms. The van der Waals surface area contributed by atoms with Gasteiger partial charge in [0, 0.05) is 0 Å². The summed E-state index contributed by atoms with van der Waals surface area (Å²) in [6, 6.07) is 8.06. The molecule has 1 nitrogen and oxygen atoms in total. The summed E-state index contributed by atoms with van der Waals surface area (Å²) in [4.78, 5) is 1.06. The summed E-state index contributed by atoms with van der Waals surface area (Å²) in [5.74, 6) is 0. The molecule has 3 heteroatoms. The fourth-order valence-electron chi connectivity index (χ4n) is 1.63. The zero-order valence-corrected chi connectivity index (χ0v) is 11.2. The van der Waals surface area contributed by atoms with Crippen molar-refractivity contribution >= 4 is 24.9 Å². The van der Waals surface area contributed by atoms with Crippen LogP contribution in [0.5, 0.6) is 0 Å². The van der Waals surface area contributed by atoms with Crippen molar-refractivity contribution in [1.82, 2.24) is 0 Å². The molecule has 0 aliphatic rings. The number of allylic oxidation sites excluding steroid dienone is 1.